The molecule has 0 aliphatic carbocycles. The monoisotopic (exact) mass is 374 g/mol. The lowest BCUT2D eigenvalue weighted by Crippen LogP contribution is -2.16. The second kappa shape index (κ2) is 10.2. The number of rotatable bonds is 9. The fraction of sp³-hybridized carbons (Fsp3) is 0.320. The van der Waals surface area contributed by atoms with Crippen molar-refractivity contribution in [2.24, 2.45) is 5.73 Å². The number of nitrogens with two attached hydrogens (primary N) is 1. The molecule has 146 valence electrons. The fourth-order valence-corrected chi connectivity index (χ4v) is 3.85. The standard InChI is InChI=1S/C25H30N2O/c1-19-15-22(25-10-4-3-8-21(25)9-6-14-28-2)11-12-24(19)23(17-26)16-20-7-5-13-27-18-20/h3-5,7-8,10-13,15,18,23H,6,9,14,16-17,26H2,1-2H3. The highest BCUT2D eigenvalue weighted by Crippen LogP contribution is 2.30. The Labute approximate surface area is 168 Å². The van der Waals surface area contributed by atoms with Crippen LogP contribution < -0.4 is 5.73 Å². The summed E-state index contributed by atoms with van der Waals surface area (Å²) in [5.41, 5.74) is 13.9. The Morgan fingerprint density at radius 2 is 1.93 bits per heavy atom. The van der Waals surface area contributed by atoms with Crippen molar-refractivity contribution >= 4 is 0 Å². The number of pyridine rings is 1. The molecule has 1 atom stereocenters. The van der Waals surface area contributed by atoms with Gasteiger partial charge in [0, 0.05) is 32.0 Å². The zero-order valence-corrected chi connectivity index (χ0v) is 16.9. The minimum atomic E-state index is 0.301. The molecule has 1 heterocycles. The fourth-order valence-electron chi connectivity index (χ4n) is 3.85. The summed E-state index contributed by atoms with van der Waals surface area (Å²) < 4.78 is 5.22. The number of aromatic nitrogens is 1. The maximum absolute atomic E-state index is 6.13. The summed E-state index contributed by atoms with van der Waals surface area (Å²) in [4.78, 5) is 4.23. The minimum absolute atomic E-state index is 0.301. The number of methoxy groups -OCH3 is 1. The van der Waals surface area contributed by atoms with Crippen LogP contribution in [0.15, 0.2) is 67.0 Å². The highest BCUT2D eigenvalue weighted by Gasteiger charge is 2.15. The summed E-state index contributed by atoms with van der Waals surface area (Å²) in [6.45, 7) is 3.61. The zero-order valence-electron chi connectivity index (χ0n) is 16.9. The molecule has 0 aliphatic heterocycles. The first-order chi connectivity index (χ1) is 13.7. The third-order valence-corrected chi connectivity index (χ3v) is 5.32. The van der Waals surface area contributed by atoms with Crippen LogP contribution in [0, 0.1) is 6.92 Å². The van der Waals surface area contributed by atoms with Crippen LogP contribution in [0.1, 0.15) is 34.6 Å². The second-order valence-corrected chi connectivity index (χ2v) is 7.32. The lowest BCUT2D eigenvalue weighted by atomic mass is 9.87. The van der Waals surface area contributed by atoms with Gasteiger partial charge in [0.2, 0.25) is 0 Å². The van der Waals surface area contributed by atoms with Crippen LogP contribution in [0.5, 0.6) is 0 Å². The van der Waals surface area contributed by atoms with Crippen molar-refractivity contribution < 1.29 is 4.74 Å². The van der Waals surface area contributed by atoms with Crippen LogP contribution in [0.4, 0.5) is 0 Å². The van der Waals surface area contributed by atoms with Gasteiger partial charge >= 0.3 is 0 Å². The zero-order chi connectivity index (χ0) is 19.8. The number of aryl methyl sites for hydroxylation is 2. The quantitative estimate of drug-likeness (QED) is 0.541. The molecule has 3 heteroatoms. The SMILES string of the molecule is COCCCc1ccccc1-c1ccc(C(CN)Cc2cccnc2)c(C)c1. The van der Waals surface area contributed by atoms with Gasteiger partial charge in [-0.3, -0.25) is 4.98 Å². The van der Waals surface area contributed by atoms with E-state index in [9.17, 15) is 0 Å². The Hall–Kier alpha value is -2.49. The highest BCUT2D eigenvalue weighted by atomic mass is 16.5. The van der Waals surface area contributed by atoms with Gasteiger partial charge in [-0.15, -0.1) is 0 Å². The Bertz CT molecular complexity index is 877. The molecule has 1 unspecified atom stereocenters. The topological polar surface area (TPSA) is 48.1 Å². The molecular formula is C25H30N2O. The predicted molar refractivity (Wildman–Crippen MR) is 117 cm³/mol. The van der Waals surface area contributed by atoms with Crippen molar-refractivity contribution in [3.05, 3.63) is 89.2 Å². The predicted octanol–water partition coefficient (Wildman–Crippen LogP) is 4.92. The Kier molecular flexibility index (Phi) is 7.35. The van der Waals surface area contributed by atoms with Crippen LogP contribution in [-0.4, -0.2) is 25.2 Å². The van der Waals surface area contributed by atoms with Gasteiger partial charge in [0.1, 0.15) is 0 Å². The first-order valence-electron chi connectivity index (χ1n) is 9.99. The molecule has 0 radical (unpaired) electrons. The molecule has 0 spiro atoms. The van der Waals surface area contributed by atoms with E-state index < -0.39 is 0 Å². The van der Waals surface area contributed by atoms with Gasteiger partial charge in [-0.1, -0.05) is 48.5 Å². The molecule has 0 saturated carbocycles. The molecule has 2 N–H and O–H groups in total. The number of hydrogen-bond donors (Lipinski definition) is 1. The molecule has 0 amide bonds. The molecule has 0 aliphatic rings. The first kappa shape index (κ1) is 20.2. The molecule has 0 bridgehead atoms. The Balaban J connectivity index is 1.84. The van der Waals surface area contributed by atoms with Gasteiger partial charge in [-0.2, -0.15) is 0 Å². The molecule has 28 heavy (non-hydrogen) atoms. The van der Waals surface area contributed by atoms with E-state index in [1.165, 1.54) is 33.4 Å². The normalized spacial score (nSPS) is 12.1. The van der Waals surface area contributed by atoms with E-state index in [-0.39, 0.29) is 0 Å². The molecule has 3 rings (SSSR count). The summed E-state index contributed by atoms with van der Waals surface area (Å²) >= 11 is 0. The average molecular weight is 375 g/mol. The van der Waals surface area contributed by atoms with E-state index in [4.69, 9.17) is 10.5 Å². The van der Waals surface area contributed by atoms with E-state index in [1.807, 2.05) is 18.5 Å². The highest BCUT2D eigenvalue weighted by molar-refractivity contribution is 5.68. The van der Waals surface area contributed by atoms with Crippen molar-refractivity contribution in [2.45, 2.75) is 32.1 Å². The van der Waals surface area contributed by atoms with Gasteiger partial charge in [0.05, 0.1) is 0 Å². The van der Waals surface area contributed by atoms with Crippen LogP contribution in [0.3, 0.4) is 0 Å². The van der Waals surface area contributed by atoms with Gasteiger partial charge in [0.15, 0.2) is 0 Å². The summed E-state index contributed by atoms with van der Waals surface area (Å²) in [5, 5.41) is 0. The largest absolute Gasteiger partial charge is 0.385 e. The molecule has 3 aromatic rings. The van der Waals surface area contributed by atoms with Crippen molar-refractivity contribution in [3.8, 4) is 11.1 Å². The molecule has 2 aromatic carbocycles. The third-order valence-electron chi connectivity index (χ3n) is 5.32. The summed E-state index contributed by atoms with van der Waals surface area (Å²) in [6.07, 6.45) is 6.72. The molecule has 1 aromatic heterocycles. The smallest absolute Gasteiger partial charge is 0.0465 e. The van der Waals surface area contributed by atoms with E-state index >= 15 is 0 Å². The van der Waals surface area contributed by atoms with Crippen LogP contribution in [0.25, 0.3) is 11.1 Å². The van der Waals surface area contributed by atoms with Crippen LogP contribution >= 0.6 is 0 Å². The maximum Gasteiger partial charge on any atom is 0.0465 e. The summed E-state index contributed by atoms with van der Waals surface area (Å²) in [6, 6.07) is 19.6. The van der Waals surface area contributed by atoms with Crippen molar-refractivity contribution in [2.75, 3.05) is 20.3 Å². The minimum Gasteiger partial charge on any atom is -0.385 e. The van der Waals surface area contributed by atoms with Gasteiger partial charge in [-0.05, 0) is 72.2 Å². The third kappa shape index (κ3) is 5.06. The number of hydrogen-bond acceptors (Lipinski definition) is 3. The van der Waals surface area contributed by atoms with E-state index in [0.29, 0.717) is 12.5 Å². The van der Waals surface area contributed by atoms with E-state index in [1.54, 1.807) is 7.11 Å². The number of ether oxygens (including phenoxy) is 1. The number of benzene rings is 2. The van der Waals surface area contributed by atoms with Crippen LogP contribution in [-0.2, 0) is 17.6 Å². The second-order valence-electron chi connectivity index (χ2n) is 7.32. The summed E-state index contributed by atoms with van der Waals surface area (Å²) in [7, 11) is 1.76. The average Bonchev–Trinajstić information content (AvgIpc) is 2.73. The van der Waals surface area contributed by atoms with Gasteiger partial charge < -0.3 is 10.5 Å². The lowest BCUT2D eigenvalue weighted by molar-refractivity contribution is 0.195. The van der Waals surface area contributed by atoms with Gasteiger partial charge in [0.25, 0.3) is 0 Å². The Morgan fingerprint density at radius 3 is 2.64 bits per heavy atom. The number of nitrogens with zero attached hydrogens (tertiary/aromatic N) is 1. The molecule has 3 nitrogen and oxygen atoms in total. The van der Waals surface area contributed by atoms with E-state index in [2.05, 4.69) is 60.4 Å². The first-order valence-corrected chi connectivity index (χ1v) is 9.99. The molecular weight excluding hydrogens is 344 g/mol. The molecule has 0 saturated heterocycles. The van der Waals surface area contributed by atoms with E-state index in [0.717, 1.165) is 25.9 Å². The Morgan fingerprint density at radius 1 is 1.07 bits per heavy atom. The van der Waals surface area contributed by atoms with Crippen molar-refractivity contribution in [1.82, 2.24) is 4.98 Å². The van der Waals surface area contributed by atoms with Crippen molar-refractivity contribution in [1.29, 1.82) is 0 Å². The van der Waals surface area contributed by atoms with Crippen molar-refractivity contribution in [3.63, 3.8) is 0 Å². The molecule has 0 fully saturated rings. The maximum atomic E-state index is 6.13. The van der Waals surface area contributed by atoms with Crippen LogP contribution in [0.2, 0.25) is 0 Å². The lowest BCUT2D eigenvalue weighted by Gasteiger charge is -2.19. The van der Waals surface area contributed by atoms with Gasteiger partial charge in [-0.25, -0.2) is 0 Å². The summed E-state index contributed by atoms with van der Waals surface area (Å²) in [5.74, 6) is 0.301.